The van der Waals surface area contributed by atoms with Crippen molar-refractivity contribution in [3.8, 4) is 0 Å². The monoisotopic (exact) mass is 152 g/mol. The molecule has 0 saturated heterocycles. The Hall–Kier alpha value is -0.130. The van der Waals surface area contributed by atoms with Gasteiger partial charge in [0.05, 0.1) is 0 Å². The number of hydrogen-bond acceptors (Lipinski definition) is 2. The average Bonchev–Trinajstić information content (AvgIpc) is 1.65. The molecule has 0 saturated carbocycles. The standard InChI is InChI=1S/C4H12N2O2S/c1-3-6(4-2)9(5,7)8/h3-4H2,1-2H3,(H2,5,7,8)/q+1. The highest BCUT2D eigenvalue weighted by Crippen LogP contribution is 1.85. The minimum atomic E-state index is -3.43. The molecule has 0 aliphatic carbocycles. The van der Waals surface area contributed by atoms with E-state index in [1.165, 1.54) is 4.31 Å². The Morgan fingerprint density at radius 2 is 1.67 bits per heavy atom. The van der Waals surface area contributed by atoms with Crippen molar-refractivity contribution in [1.29, 1.82) is 0 Å². The molecule has 2 N–H and O–H groups in total. The van der Waals surface area contributed by atoms with E-state index in [0.717, 1.165) is 0 Å². The lowest BCUT2D eigenvalue weighted by molar-refractivity contribution is 0.529. The van der Waals surface area contributed by atoms with E-state index in [0.29, 0.717) is 13.1 Å². The molecule has 0 rings (SSSR count). The molecular formula is C4H12N2O2S+. The van der Waals surface area contributed by atoms with Crippen LogP contribution in [0.3, 0.4) is 0 Å². The lowest BCUT2D eigenvalue weighted by atomic mass is 10.7. The molecule has 0 aromatic heterocycles. The van der Waals surface area contributed by atoms with Crippen molar-refractivity contribution in [1.82, 2.24) is 4.31 Å². The largest absolute Gasteiger partial charge is 0.412 e. The van der Waals surface area contributed by atoms with Gasteiger partial charge in [0.2, 0.25) is 0 Å². The Kier molecular flexibility index (Phi) is 3.10. The summed E-state index contributed by atoms with van der Waals surface area (Å²) in [5.41, 5.74) is 0. The molecule has 0 heterocycles. The predicted molar refractivity (Wildman–Crippen MR) is 36.3 cm³/mol. The average molecular weight is 152 g/mol. The van der Waals surface area contributed by atoms with Crippen LogP contribution in [-0.2, 0) is 10.2 Å². The second-order valence-corrected chi connectivity index (χ2v) is 3.18. The maximum Gasteiger partial charge on any atom is 0.412 e. The molecule has 0 aromatic rings. The third-order valence-electron chi connectivity index (χ3n) is 1.07. The first-order valence-electron chi connectivity index (χ1n) is 2.80. The van der Waals surface area contributed by atoms with Crippen LogP contribution in [0.2, 0.25) is 0 Å². The van der Waals surface area contributed by atoms with Gasteiger partial charge in [0.25, 0.3) is 0 Å². The second kappa shape index (κ2) is 3.14. The van der Waals surface area contributed by atoms with Gasteiger partial charge in [-0.15, -0.1) is 0 Å². The lowest BCUT2D eigenvalue weighted by Gasteiger charge is -2.01. The summed E-state index contributed by atoms with van der Waals surface area (Å²) in [6.45, 7) is 4.37. The Bertz CT molecular complexity index is 159. The number of nitrogens with two attached hydrogens (primary N) is 1. The fourth-order valence-electron chi connectivity index (χ4n) is 0.583. The molecule has 0 aromatic carbocycles. The van der Waals surface area contributed by atoms with Gasteiger partial charge in [0.15, 0.2) is 0 Å². The second-order valence-electron chi connectivity index (χ2n) is 1.63. The van der Waals surface area contributed by atoms with Gasteiger partial charge in [-0.3, -0.25) is 0 Å². The van der Waals surface area contributed by atoms with E-state index in [9.17, 15) is 8.42 Å². The third-order valence-corrected chi connectivity index (χ3v) is 2.30. The Morgan fingerprint density at radius 3 is 1.67 bits per heavy atom. The first-order chi connectivity index (χ1) is 4.02. The van der Waals surface area contributed by atoms with Crippen LogP contribution in [0.4, 0.5) is 0 Å². The molecule has 0 bridgehead atoms. The molecular weight excluding hydrogens is 140 g/mol. The molecule has 0 unspecified atom stereocenters. The summed E-state index contributed by atoms with van der Waals surface area (Å²) in [6, 6.07) is 0. The highest BCUT2D eigenvalue weighted by molar-refractivity contribution is 7.87. The third kappa shape index (κ3) is 2.78. The summed E-state index contributed by atoms with van der Waals surface area (Å²) < 4.78 is 22.2. The molecule has 55 valence electrons. The van der Waals surface area contributed by atoms with E-state index in [-0.39, 0.29) is 0 Å². The zero-order valence-electron chi connectivity index (χ0n) is 5.66. The van der Waals surface area contributed by atoms with Crippen molar-refractivity contribution in [2.24, 2.45) is 5.14 Å². The zero-order valence-corrected chi connectivity index (χ0v) is 6.48. The van der Waals surface area contributed by atoms with Gasteiger partial charge < -0.3 is 0 Å². The maximum atomic E-state index is 10.5. The van der Waals surface area contributed by atoms with Crippen molar-refractivity contribution in [3.63, 3.8) is 0 Å². The van der Waals surface area contributed by atoms with Crippen molar-refractivity contribution >= 4 is 10.2 Å². The van der Waals surface area contributed by atoms with Crippen LogP contribution in [0.1, 0.15) is 13.8 Å². The zero-order chi connectivity index (χ0) is 7.49. The van der Waals surface area contributed by atoms with Gasteiger partial charge in [0.1, 0.15) is 13.1 Å². The van der Waals surface area contributed by atoms with E-state index in [4.69, 9.17) is 5.14 Å². The van der Waals surface area contributed by atoms with Crippen LogP contribution >= 0.6 is 0 Å². The lowest BCUT2D eigenvalue weighted by Crippen LogP contribution is -2.41. The smallest absolute Gasteiger partial charge is 0.178 e. The maximum absolute atomic E-state index is 10.5. The first-order valence-corrected chi connectivity index (χ1v) is 4.30. The quantitative estimate of drug-likeness (QED) is 0.547. The van der Waals surface area contributed by atoms with Crippen LogP contribution in [0.5, 0.6) is 0 Å². The van der Waals surface area contributed by atoms with Crippen molar-refractivity contribution in [2.45, 2.75) is 13.8 Å². The van der Waals surface area contributed by atoms with Crippen LogP contribution in [-0.4, -0.2) is 21.5 Å². The van der Waals surface area contributed by atoms with Gasteiger partial charge >= 0.3 is 10.2 Å². The van der Waals surface area contributed by atoms with Gasteiger partial charge in [-0.25, -0.2) is 0 Å². The summed E-state index contributed by atoms with van der Waals surface area (Å²) >= 11 is 0. The van der Waals surface area contributed by atoms with Crippen LogP contribution in [0, 0.1) is 0 Å². The van der Waals surface area contributed by atoms with E-state index < -0.39 is 10.2 Å². The molecule has 0 atom stereocenters. The SMILES string of the molecule is CC[N+](CC)S(N)(=O)=O. The number of rotatable bonds is 3. The van der Waals surface area contributed by atoms with Crippen LogP contribution < -0.4 is 9.44 Å². The van der Waals surface area contributed by atoms with Crippen LogP contribution in [0.15, 0.2) is 0 Å². The minimum Gasteiger partial charge on any atom is -0.178 e. The fourth-order valence-corrected chi connectivity index (χ4v) is 1.30. The molecule has 0 spiro atoms. The molecule has 0 fully saturated rings. The summed E-state index contributed by atoms with van der Waals surface area (Å²) in [7, 11) is -3.43. The van der Waals surface area contributed by atoms with Gasteiger partial charge in [0, 0.05) is 0 Å². The first kappa shape index (κ1) is 8.87. The summed E-state index contributed by atoms with van der Waals surface area (Å²) in [5, 5.41) is 4.80. The summed E-state index contributed by atoms with van der Waals surface area (Å²) in [5.74, 6) is 0. The van der Waals surface area contributed by atoms with Gasteiger partial charge in [-0.1, -0.05) is 0 Å². The Labute approximate surface area is 55.8 Å². The highest BCUT2D eigenvalue weighted by Gasteiger charge is 2.22. The predicted octanol–water partition coefficient (Wildman–Crippen LogP) is -0.630. The molecule has 5 heteroatoms. The van der Waals surface area contributed by atoms with E-state index in [1.54, 1.807) is 13.8 Å². The topological polar surface area (TPSA) is 66.1 Å². The normalized spacial score (nSPS) is 12.4. The highest BCUT2D eigenvalue weighted by atomic mass is 32.2. The number of hydrogen-bond donors (Lipinski definition) is 1. The Balaban J connectivity index is 4.14. The number of nitrogens with zero attached hydrogens (tertiary/aromatic N) is 1. The van der Waals surface area contributed by atoms with E-state index >= 15 is 0 Å². The summed E-state index contributed by atoms with van der Waals surface area (Å²) in [6.07, 6.45) is 0. The summed E-state index contributed by atoms with van der Waals surface area (Å²) in [4.78, 5) is 0. The molecule has 0 amide bonds. The van der Waals surface area contributed by atoms with Gasteiger partial charge in [-0.05, 0) is 18.2 Å². The fraction of sp³-hybridized carbons (Fsp3) is 1.00. The Morgan fingerprint density at radius 1 is 1.33 bits per heavy atom. The minimum absolute atomic E-state index is 0.440. The molecule has 1 radical (unpaired) electrons. The molecule has 0 aliphatic rings. The van der Waals surface area contributed by atoms with Crippen LogP contribution in [0.25, 0.3) is 0 Å². The van der Waals surface area contributed by atoms with Gasteiger partial charge in [-0.2, -0.15) is 13.6 Å². The van der Waals surface area contributed by atoms with E-state index in [1.807, 2.05) is 0 Å². The van der Waals surface area contributed by atoms with E-state index in [2.05, 4.69) is 0 Å². The van der Waals surface area contributed by atoms with Crippen molar-refractivity contribution in [3.05, 3.63) is 0 Å². The van der Waals surface area contributed by atoms with Crippen molar-refractivity contribution in [2.75, 3.05) is 13.1 Å². The van der Waals surface area contributed by atoms with Crippen molar-refractivity contribution < 1.29 is 8.42 Å². The molecule has 4 nitrogen and oxygen atoms in total. The molecule has 9 heavy (non-hydrogen) atoms. The molecule has 0 aliphatic heterocycles.